The van der Waals surface area contributed by atoms with Gasteiger partial charge in [-0.2, -0.15) is 0 Å². The fourth-order valence-electron chi connectivity index (χ4n) is 1.76. The second-order valence-corrected chi connectivity index (χ2v) is 4.00. The molecule has 1 nitrogen and oxygen atoms in total. The van der Waals surface area contributed by atoms with E-state index in [1.54, 1.807) is 24.3 Å². The minimum absolute atomic E-state index is 0.0530. The molecular weight excluding hydrogens is 215 g/mol. The molecule has 0 aliphatic rings. The summed E-state index contributed by atoms with van der Waals surface area (Å²) in [6.45, 7) is 1.84. The predicted octanol–water partition coefficient (Wildman–Crippen LogP) is 3.81. The fraction of sp³-hybridized carbons (Fsp3) is 0.133. The summed E-state index contributed by atoms with van der Waals surface area (Å²) in [4.78, 5) is 12.1. The molecule has 2 aromatic rings. The Bertz CT molecular complexity index is 502. The van der Waals surface area contributed by atoms with Gasteiger partial charge in [-0.1, -0.05) is 49.4 Å². The number of halogens is 1. The lowest BCUT2D eigenvalue weighted by Gasteiger charge is -2.10. The first-order chi connectivity index (χ1) is 8.18. The van der Waals surface area contributed by atoms with Crippen LogP contribution < -0.4 is 0 Å². The molecule has 0 unspecified atom stereocenters. The molecule has 0 amide bonds. The standard InChI is InChI=1S/C15H13FO/c1-11(12-7-9-14(16)10-8-12)15(17)13-5-3-2-4-6-13/h2-11H,1H3/t11-/m1/s1. The van der Waals surface area contributed by atoms with Crippen LogP contribution in [0, 0.1) is 5.82 Å². The highest BCUT2D eigenvalue weighted by molar-refractivity contribution is 6.00. The van der Waals surface area contributed by atoms with Gasteiger partial charge in [0.2, 0.25) is 0 Å². The van der Waals surface area contributed by atoms with E-state index >= 15 is 0 Å². The molecule has 0 saturated heterocycles. The smallest absolute Gasteiger partial charge is 0.170 e. The zero-order valence-electron chi connectivity index (χ0n) is 9.56. The van der Waals surface area contributed by atoms with Crippen LogP contribution in [-0.2, 0) is 0 Å². The lowest BCUT2D eigenvalue weighted by molar-refractivity contribution is 0.0966. The third-order valence-corrected chi connectivity index (χ3v) is 2.82. The first-order valence-electron chi connectivity index (χ1n) is 5.53. The van der Waals surface area contributed by atoms with Crippen LogP contribution in [0.2, 0.25) is 0 Å². The van der Waals surface area contributed by atoms with Crippen molar-refractivity contribution in [1.29, 1.82) is 0 Å². The van der Waals surface area contributed by atoms with Gasteiger partial charge in [-0.05, 0) is 17.7 Å². The Morgan fingerprint density at radius 3 is 2.18 bits per heavy atom. The van der Waals surface area contributed by atoms with E-state index in [-0.39, 0.29) is 17.5 Å². The van der Waals surface area contributed by atoms with Gasteiger partial charge in [0, 0.05) is 11.5 Å². The Morgan fingerprint density at radius 2 is 1.59 bits per heavy atom. The van der Waals surface area contributed by atoms with Crippen molar-refractivity contribution >= 4 is 5.78 Å². The van der Waals surface area contributed by atoms with E-state index in [1.807, 2.05) is 25.1 Å². The Kier molecular flexibility index (Phi) is 3.33. The van der Waals surface area contributed by atoms with Gasteiger partial charge in [-0.3, -0.25) is 4.79 Å². The number of ketones is 1. The van der Waals surface area contributed by atoms with Gasteiger partial charge in [0.05, 0.1) is 0 Å². The van der Waals surface area contributed by atoms with E-state index in [1.165, 1.54) is 12.1 Å². The summed E-state index contributed by atoms with van der Waals surface area (Å²) < 4.78 is 12.8. The number of Topliss-reactive ketones (excluding diaryl/α,β-unsaturated/α-hetero) is 1. The molecule has 0 aromatic heterocycles. The zero-order valence-corrected chi connectivity index (χ0v) is 9.56. The van der Waals surface area contributed by atoms with E-state index in [0.717, 1.165) is 5.56 Å². The molecule has 1 atom stereocenters. The Balaban J connectivity index is 2.23. The molecule has 0 N–H and O–H groups in total. The molecule has 86 valence electrons. The van der Waals surface area contributed by atoms with E-state index in [4.69, 9.17) is 0 Å². The average Bonchev–Trinajstić information content (AvgIpc) is 2.39. The fourth-order valence-corrected chi connectivity index (χ4v) is 1.76. The lowest BCUT2D eigenvalue weighted by Crippen LogP contribution is -2.09. The van der Waals surface area contributed by atoms with Crippen LogP contribution >= 0.6 is 0 Å². The maximum atomic E-state index is 12.8. The molecule has 0 radical (unpaired) electrons. The van der Waals surface area contributed by atoms with Crippen molar-refractivity contribution in [3.05, 3.63) is 71.5 Å². The number of hydrogen-bond acceptors (Lipinski definition) is 1. The maximum Gasteiger partial charge on any atom is 0.170 e. The zero-order chi connectivity index (χ0) is 12.3. The average molecular weight is 228 g/mol. The predicted molar refractivity (Wildman–Crippen MR) is 65.6 cm³/mol. The van der Waals surface area contributed by atoms with Crippen LogP contribution in [0.15, 0.2) is 54.6 Å². The number of benzene rings is 2. The van der Waals surface area contributed by atoms with Crippen LogP contribution in [0.25, 0.3) is 0 Å². The van der Waals surface area contributed by atoms with Crippen LogP contribution in [0.3, 0.4) is 0 Å². The topological polar surface area (TPSA) is 17.1 Å². The molecule has 0 fully saturated rings. The molecule has 0 bridgehead atoms. The number of rotatable bonds is 3. The van der Waals surface area contributed by atoms with Gasteiger partial charge in [0.15, 0.2) is 5.78 Å². The van der Waals surface area contributed by atoms with Crippen LogP contribution in [0.5, 0.6) is 0 Å². The summed E-state index contributed by atoms with van der Waals surface area (Å²) in [5, 5.41) is 0. The lowest BCUT2D eigenvalue weighted by atomic mass is 9.92. The maximum absolute atomic E-state index is 12.8. The van der Waals surface area contributed by atoms with Gasteiger partial charge >= 0.3 is 0 Å². The van der Waals surface area contributed by atoms with Crippen molar-refractivity contribution in [2.75, 3.05) is 0 Å². The number of carbonyl (C=O) groups is 1. The molecule has 0 spiro atoms. The minimum Gasteiger partial charge on any atom is -0.294 e. The minimum atomic E-state index is -0.284. The molecule has 0 heterocycles. The second-order valence-electron chi connectivity index (χ2n) is 4.00. The second kappa shape index (κ2) is 4.91. The first-order valence-corrected chi connectivity index (χ1v) is 5.53. The Morgan fingerprint density at radius 1 is 1.00 bits per heavy atom. The van der Waals surface area contributed by atoms with Crippen LogP contribution in [0.4, 0.5) is 4.39 Å². The summed E-state index contributed by atoms with van der Waals surface area (Å²) >= 11 is 0. The van der Waals surface area contributed by atoms with E-state index in [9.17, 15) is 9.18 Å². The van der Waals surface area contributed by atoms with Gasteiger partial charge in [0.25, 0.3) is 0 Å². The Hall–Kier alpha value is -1.96. The monoisotopic (exact) mass is 228 g/mol. The Labute approximate surface area is 99.9 Å². The molecule has 0 aliphatic carbocycles. The van der Waals surface area contributed by atoms with Crippen LogP contribution in [-0.4, -0.2) is 5.78 Å². The number of carbonyl (C=O) groups excluding carboxylic acids is 1. The van der Waals surface area contributed by atoms with Gasteiger partial charge in [-0.15, -0.1) is 0 Å². The summed E-state index contributed by atoms with van der Waals surface area (Å²) in [5.41, 5.74) is 1.52. The highest BCUT2D eigenvalue weighted by Crippen LogP contribution is 2.20. The molecule has 17 heavy (non-hydrogen) atoms. The van der Waals surface area contributed by atoms with Crippen molar-refractivity contribution in [3.8, 4) is 0 Å². The third kappa shape index (κ3) is 2.59. The third-order valence-electron chi connectivity index (χ3n) is 2.82. The van der Waals surface area contributed by atoms with Crippen LogP contribution in [0.1, 0.15) is 28.8 Å². The number of hydrogen-bond donors (Lipinski definition) is 0. The highest BCUT2D eigenvalue weighted by atomic mass is 19.1. The molecule has 0 aliphatic heterocycles. The summed E-state index contributed by atoms with van der Waals surface area (Å²) in [5.74, 6) is -0.483. The van der Waals surface area contributed by atoms with Crippen molar-refractivity contribution < 1.29 is 9.18 Å². The van der Waals surface area contributed by atoms with Crippen molar-refractivity contribution in [1.82, 2.24) is 0 Å². The van der Waals surface area contributed by atoms with E-state index in [0.29, 0.717) is 5.56 Å². The van der Waals surface area contributed by atoms with E-state index < -0.39 is 0 Å². The normalized spacial score (nSPS) is 12.1. The molecule has 2 heteroatoms. The summed E-state index contributed by atoms with van der Waals surface area (Å²) in [7, 11) is 0. The van der Waals surface area contributed by atoms with Crippen molar-refractivity contribution in [2.24, 2.45) is 0 Å². The quantitative estimate of drug-likeness (QED) is 0.730. The molecule has 0 saturated carbocycles. The summed E-state index contributed by atoms with van der Waals surface area (Å²) in [6.07, 6.45) is 0. The largest absolute Gasteiger partial charge is 0.294 e. The molecule has 2 aromatic carbocycles. The van der Waals surface area contributed by atoms with Crippen molar-refractivity contribution in [3.63, 3.8) is 0 Å². The van der Waals surface area contributed by atoms with Gasteiger partial charge < -0.3 is 0 Å². The van der Waals surface area contributed by atoms with Gasteiger partial charge in [0.1, 0.15) is 5.82 Å². The van der Waals surface area contributed by atoms with Crippen molar-refractivity contribution in [2.45, 2.75) is 12.8 Å². The van der Waals surface area contributed by atoms with E-state index in [2.05, 4.69) is 0 Å². The SMILES string of the molecule is C[C@@H](C(=O)c1ccccc1)c1ccc(F)cc1. The molecular formula is C15H13FO. The summed E-state index contributed by atoms with van der Waals surface area (Å²) in [6, 6.07) is 15.2. The van der Waals surface area contributed by atoms with Gasteiger partial charge in [-0.25, -0.2) is 4.39 Å². The highest BCUT2D eigenvalue weighted by Gasteiger charge is 2.16. The molecule has 2 rings (SSSR count). The first kappa shape index (κ1) is 11.5.